The molecule has 3 nitrogen and oxygen atoms in total. The van der Waals surface area contributed by atoms with Gasteiger partial charge in [0.1, 0.15) is 5.75 Å². The number of carbonyl (C=O) groups excluding carboxylic acids is 1. The van der Waals surface area contributed by atoms with Crippen molar-refractivity contribution < 1.29 is 9.53 Å². The quantitative estimate of drug-likeness (QED) is 0.774. The van der Waals surface area contributed by atoms with Crippen LogP contribution in [0.4, 0.5) is 5.69 Å². The van der Waals surface area contributed by atoms with E-state index in [1.165, 1.54) is 0 Å². The first-order chi connectivity index (χ1) is 7.36. The average Bonchev–Trinajstić information content (AvgIpc) is 2.30. The van der Waals surface area contributed by atoms with E-state index in [0.29, 0.717) is 6.41 Å². The van der Waals surface area contributed by atoms with Crippen molar-refractivity contribution in [2.75, 3.05) is 12.4 Å². The molecule has 0 fully saturated rings. The second-order valence-electron chi connectivity index (χ2n) is 3.12. The fraction of sp³-hybridized carbons (Fsp3) is 0.0833. The molecule has 0 bridgehead atoms. The van der Waals surface area contributed by atoms with Gasteiger partial charge in [0.05, 0.1) is 7.11 Å². The zero-order chi connectivity index (χ0) is 10.7. The van der Waals surface area contributed by atoms with Crippen LogP contribution in [-0.4, -0.2) is 13.5 Å². The molecule has 2 rings (SSSR count). The van der Waals surface area contributed by atoms with E-state index in [0.717, 1.165) is 22.2 Å². The summed E-state index contributed by atoms with van der Waals surface area (Å²) in [5.41, 5.74) is 0.793. The van der Waals surface area contributed by atoms with Crippen molar-refractivity contribution in [3.63, 3.8) is 0 Å². The molecule has 0 unspecified atom stereocenters. The summed E-state index contributed by atoms with van der Waals surface area (Å²) in [5, 5.41) is 4.63. The fourth-order valence-electron chi connectivity index (χ4n) is 1.64. The van der Waals surface area contributed by atoms with Gasteiger partial charge in [-0.05, 0) is 12.1 Å². The van der Waals surface area contributed by atoms with E-state index in [1.807, 2.05) is 36.4 Å². The Balaban J connectivity index is 2.71. The number of amides is 1. The third-order valence-electron chi connectivity index (χ3n) is 2.32. The van der Waals surface area contributed by atoms with Crippen LogP contribution >= 0.6 is 0 Å². The minimum absolute atomic E-state index is 0.675. The summed E-state index contributed by atoms with van der Waals surface area (Å²) < 4.78 is 5.24. The summed E-state index contributed by atoms with van der Waals surface area (Å²) in [6.45, 7) is 0. The minimum atomic E-state index is 0.675. The number of ether oxygens (including phenoxy) is 1. The van der Waals surface area contributed by atoms with E-state index < -0.39 is 0 Å². The molecule has 0 spiro atoms. The molecule has 0 aliphatic rings. The van der Waals surface area contributed by atoms with Crippen molar-refractivity contribution in [2.45, 2.75) is 0 Å². The summed E-state index contributed by atoms with van der Waals surface area (Å²) in [4.78, 5) is 10.4. The molecule has 76 valence electrons. The van der Waals surface area contributed by atoms with Crippen molar-refractivity contribution in [1.29, 1.82) is 0 Å². The Kier molecular flexibility index (Phi) is 2.54. The number of nitrogens with one attached hydrogen (secondary N) is 1. The Bertz CT molecular complexity index is 494. The predicted molar refractivity (Wildman–Crippen MR) is 60.2 cm³/mol. The molecular weight excluding hydrogens is 190 g/mol. The van der Waals surface area contributed by atoms with Crippen LogP contribution in [0.5, 0.6) is 5.75 Å². The monoisotopic (exact) mass is 201 g/mol. The molecule has 1 N–H and O–H groups in total. The van der Waals surface area contributed by atoms with E-state index in [2.05, 4.69) is 5.32 Å². The number of benzene rings is 2. The molecule has 2 aromatic rings. The number of hydrogen-bond donors (Lipinski definition) is 1. The van der Waals surface area contributed by atoms with Crippen LogP contribution in [0.25, 0.3) is 10.8 Å². The first-order valence-corrected chi connectivity index (χ1v) is 4.62. The van der Waals surface area contributed by atoms with Gasteiger partial charge in [0.15, 0.2) is 0 Å². The van der Waals surface area contributed by atoms with Gasteiger partial charge in [-0.25, -0.2) is 0 Å². The van der Waals surface area contributed by atoms with Crippen LogP contribution in [0.1, 0.15) is 0 Å². The first kappa shape index (κ1) is 9.52. The summed E-state index contributed by atoms with van der Waals surface area (Å²) >= 11 is 0. The van der Waals surface area contributed by atoms with Crippen LogP contribution in [0.3, 0.4) is 0 Å². The van der Waals surface area contributed by atoms with E-state index in [9.17, 15) is 4.79 Å². The minimum Gasteiger partial charge on any atom is -0.496 e. The Labute approximate surface area is 87.7 Å². The van der Waals surface area contributed by atoms with Crippen molar-refractivity contribution in [1.82, 2.24) is 0 Å². The Morgan fingerprint density at radius 1 is 1.13 bits per heavy atom. The van der Waals surface area contributed by atoms with Gasteiger partial charge in [-0.3, -0.25) is 4.79 Å². The van der Waals surface area contributed by atoms with Gasteiger partial charge >= 0.3 is 0 Å². The molecule has 0 atom stereocenters. The lowest BCUT2D eigenvalue weighted by molar-refractivity contribution is -0.105. The maximum Gasteiger partial charge on any atom is 0.211 e. The number of rotatable bonds is 3. The number of hydrogen-bond acceptors (Lipinski definition) is 2. The highest BCUT2D eigenvalue weighted by Crippen LogP contribution is 2.30. The zero-order valence-corrected chi connectivity index (χ0v) is 8.36. The lowest BCUT2D eigenvalue weighted by Crippen LogP contribution is -1.95. The fourth-order valence-corrected chi connectivity index (χ4v) is 1.64. The maximum absolute atomic E-state index is 10.4. The van der Waals surface area contributed by atoms with E-state index >= 15 is 0 Å². The standard InChI is InChI=1S/C12H11NO2/c1-15-12-7-6-11(13-8-14)9-4-2-3-5-10(9)12/h2-8H,1H3,(H,13,14). The van der Waals surface area contributed by atoms with Crippen LogP contribution in [0.15, 0.2) is 36.4 Å². The number of methoxy groups -OCH3 is 1. The summed E-state index contributed by atoms with van der Waals surface area (Å²) in [7, 11) is 1.63. The molecule has 0 heterocycles. The topological polar surface area (TPSA) is 38.3 Å². The van der Waals surface area contributed by atoms with Crippen LogP contribution in [-0.2, 0) is 4.79 Å². The van der Waals surface area contributed by atoms with Crippen molar-refractivity contribution in [3.8, 4) is 5.75 Å². The first-order valence-electron chi connectivity index (χ1n) is 4.62. The number of anilines is 1. The van der Waals surface area contributed by atoms with Gasteiger partial charge in [-0.2, -0.15) is 0 Å². The molecule has 0 aromatic heterocycles. The molecule has 1 amide bonds. The highest BCUT2D eigenvalue weighted by atomic mass is 16.5. The second kappa shape index (κ2) is 4.00. The van der Waals surface area contributed by atoms with Gasteiger partial charge in [-0.15, -0.1) is 0 Å². The molecule has 0 saturated carbocycles. The van der Waals surface area contributed by atoms with Gasteiger partial charge in [0.25, 0.3) is 0 Å². The van der Waals surface area contributed by atoms with Gasteiger partial charge in [-0.1, -0.05) is 24.3 Å². The highest BCUT2D eigenvalue weighted by Gasteiger charge is 2.04. The largest absolute Gasteiger partial charge is 0.496 e. The molecule has 0 radical (unpaired) electrons. The second-order valence-corrected chi connectivity index (χ2v) is 3.12. The Morgan fingerprint density at radius 3 is 2.53 bits per heavy atom. The van der Waals surface area contributed by atoms with Gasteiger partial charge in [0.2, 0.25) is 6.41 Å². The van der Waals surface area contributed by atoms with E-state index in [1.54, 1.807) is 7.11 Å². The molecule has 0 aliphatic carbocycles. The number of fused-ring (bicyclic) bond motifs is 1. The smallest absolute Gasteiger partial charge is 0.211 e. The SMILES string of the molecule is COc1ccc(NC=O)c2ccccc12. The summed E-state index contributed by atoms with van der Waals surface area (Å²) in [6, 6.07) is 11.4. The van der Waals surface area contributed by atoms with Crippen LogP contribution < -0.4 is 10.1 Å². The maximum atomic E-state index is 10.4. The molecule has 15 heavy (non-hydrogen) atoms. The Hall–Kier alpha value is -2.03. The Morgan fingerprint density at radius 2 is 1.87 bits per heavy atom. The third-order valence-corrected chi connectivity index (χ3v) is 2.32. The van der Waals surface area contributed by atoms with Crippen molar-refractivity contribution in [2.24, 2.45) is 0 Å². The normalized spacial score (nSPS) is 9.93. The van der Waals surface area contributed by atoms with Crippen molar-refractivity contribution >= 4 is 22.9 Å². The molecule has 0 aliphatic heterocycles. The lowest BCUT2D eigenvalue weighted by Gasteiger charge is -2.08. The predicted octanol–water partition coefficient (Wildman–Crippen LogP) is 2.42. The van der Waals surface area contributed by atoms with E-state index in [-0.39, 0.29) is 0 Å². The summed E-state index contributed by atoms with van der Waals surface area (Å²) in [5.74, 6) is 0.807. The molecule has 2 aromatic carbocycles. The zero-order valence-electron chi connectivity index (χ0n) is 8.36. The van der Waals surface area contributed by atoms with Gasteiger partial charge in [0, 0.05) is 16.5 Å². The van der Waals surface area contributed by atoms with Crippen LogP contribution in [0, 0.1) is 0 Å². The van der Waals surface area contributed by atoms with E-state index in [4.69, 9.17) is 4.74 Å². The average molecular weight is 201 g/mol. The number of carbonyl (C=O) groups is 1. The van der Waals surface area contributed by atoms with Crippen LogP contribution in [0.2, 0.25) is 0 Å². The van der Waals surface area contributed by atoms with Gasteiger partial charge < -0.3 is 10.1 Å². The molecular formula is C12H11NO2. The highest BCUT2D eigenvalue weighted by molar-refractivity contribution is 6.00. The third kappa shape index (κ3) is 1.64. The lowest BCUT2D eigenvalue weighted by atomic mass is 10.1. The summed E-state index contributed by atoms with van der Waals surface area (Å²) in [6.07, 6.45) is 0.675. The molecule has 0 saturated heterocycles. The van der Waals surface area contributed by atoms with Crippen molar-refractivity contribution in [3.05, 3.63) is 36.4 Å². The molecule has 3 heteroatoms.